The van der Waals surface area contributed by atoms with Gasteiger partial charge in [0.2, 0.25) is 11.8 Å². The molecule has 1 fully saturated rings. The number of aliphatic hydroxyl groups excluding tert-OH is 1. The van der Waals surface area contributed by atoms with Crippen LogP contribution in [0, 0.1) is 0 Å². The molecule has 228 valence electrons. The number of pyridine rings is 1. The molecule has 0 aliphatic carbocycles. The second-order valence-electron chi connectivity index (χ2n) is 10.3. The van der Waals surface area contributed by atoms with Gasteiger partial charge in [-0.3, -0.25) is 9.59 Å². The molecule has 1 saturated heterocycles. The van der Waals surface area contributed by atoms with Crippen LogP contribution in [0.1, 0.15) is 78.5 Å². The van der Waals surface area contributed by atoms with Gasteiger partial charge in [-0.15, -0.1) is 11.8 Å². The maximum absolute atomic E-state index is 12.4. The second kappa shape index (κ2) is 16.2. The van der Waals surface area contributed by atoms with Crippen LogP contribution in [0.3, 0.4) is 0 Å². The molecule has 0 unspecified atom stereocenters. The summed E-state index contributed by atoms with van der Waals surface area (Å²) in [6.07, 6.45) is 3.70. The molecule has 3 aromatic rings. The predicted octanol–water partition coefficient (Wildman–Crippen LogP) is 5.24. The molecule has 4 rings (SSSR count). The quantitative estimate of drug-likeness (QED) is 0.143. The molecule has 1 aliphatic heterocycles. The van der Waals surface area contributed by atoms with Crippen LogP contribution >= 0.6 is 11.8 Å². The average Bonchev–Trinajstić information content (AvgIpc) is 3.02. The summed E-state index contributed by atoms with van der Waals surface area (Å²) in [5, 5.41) is 25.1. The number of carboxylic acids is 1. The molecule has 1 aromatic heterocycles. The van der Waals surface area contributed by atoms with Crippen molar-refractivity contribution in [3.8, 4) is 0 Å². The lowest BCUT2D eigenvalue weighted by atomic mass is 10.0. The number of unbranched alkanes of at least 4 members (excludes halogenated alkanes) is 2. The van der Waals surface area contributed by atoms with E-state index < -0.39 is 12.3 Å². The smallest absolute Gasteiger partial charge is 0.338 e. The zero-order valence-electron chi connectivity index (χ0n) is 24.0. The molecule has 2 aromatic carbocycles. The molecule has 0 spiro atoms. The van der Waals surface area contributed by atoms with Crippen LogP contribution in [-0.2, 0) is 25.7 Å². The molecule has 0 radical (unpaired) electrons. The summed E-state index contributed by atoms with van der Waals surface area (Å²) < 4.78 is 12.7. The number of aromatic carboxylic acids is 1. The first-order valence-electron chi connectivity index (χ1n) is 14.3. The van der Waals surface area contributed by atoms with Gasteiger partial charge in [-0.25, -0.2) is 9.78 Å². The van der Waals surface area contributed by atoms with Crippen molar-refractivity contribution in [2.75, 3.05) is 17.6 Å². The Labute approximate surface area is 255 Å². The van der Waals surface area contributed by atoms with Crippen LogP contribution in [-0.4, -0.2) is 51.4 Å². The highest BCUT2D eigenvalue weighted by molar-refractivity contribution is 7.99. The van der Waals surface area contributed by atoms with Crippen LogP contribution in [0.25, 0.3) is 0 Å². The number of ether oxygens (including phenoxy) is 2. The number of nitrogens with one attached hydrogen (secondary N) is 2. The van der Waals surface area contributed by atoms with Crippen LogP contribution < -0.4 is 10.6 Å². The topological polar surface area (TPSA) is 147 Å². The largest absolute Gasteiger partial charge is 0.478 e. The highest BCUT2D eigenvalue weighted by atomic mass is 32.2. The SMILES string of the molecule is CC(=O)NCCCCCC(=O)Nc1ccc([C@H]2O[C@@H](CSc3ncccc3C(=O)O)C[C@@H](c3ccc(CO)cc3)O2)cc1. The third kappa shape index (κ3) is 9.89. The lowest BCUT2D eigenvalue weighted by Crippen LogP contribution is -2.31. The Kier molecular flexibility index (Phi) is 12.1. The Morgan fingerprint density at radius 3 is 2.42 bits per heavy atom. The zero-order chi connectivity index (χ0) is 30.6. The van der Waals surface area contributed by atoms with E-state index in [0.29, 0.717) is 35.9 Å². The van der Waals surface area contributed by atoms with Crippen LogP contribution in [0.2, 0.25) is 0 Å². The van der Waals surface area contributed by atoms with Crippen molar-refractivity contribution in [3.63, 3.8) is 0 Å². The molecule has 11 heteroatoms. The molecule has 0 saturated carbocycles. The first kappa shape index (κ1) is 32.2. The summed E-state index contributed by atoms with van der Waals surface area (Å²) in [5.41, 5.74) is 3.35. The number of hydrogen-bond acceptors (Lipinski definition) is 8. The fraction of sp³-hybridized carbons (Fsp3) is 0.375. The lowest BCUT2D eigenvalue weighted by Gasteiger charge is -2.36. The van der Waals surface area contributed by atoms with Gasteiger partial charge >= 0.3 is 5.97 Å². The average molecular weight is 608 g/mol. The summed E-state index contributed by atoms with van der Waals surface area (Å²) in [4.78, 5) is 39.2. The van der Waals surface area contributed by atoms with E-state index in [-0.39, 0.29) is 36.2 Å². The number of rotatable bonds is 14. The maximum Gasteiger partial charge on any atom is 0.338 e. The first-order chi connectivity index (χ1) is 20.8. The van der Waals surface area contributed by atoms with Gasteiger partial charge in [0.1, 0.15) is 5.03 Å². The zero-order valence-corrected chi connectivity index (χ0v) is 24.8. The van der Waals surface area contributed by atoms with Crippen molar-refractivity contribution in [3.05, 3.63) is 89.1 Å². The van der Waals surface area contributed by atoms with E-state index in [1.54, 1.807) is 12.3 Å². The molecule has 4 N–H and O–H groups in total. The molecule has 1 aliphatic rings. The molecule has 2 amide bonds. The van der Waals surface area contributed by atoms with E-state index in [1.807, 2.05) is 48.5 Å². The monoisotopic (exact) mass is 607 g/mol. The molecule has 2 heterocycles. The maximum atomic E-state index is 12.4. The molecule has 0 bridgehead atoms. The fourth-order valence-electron chi connectivity index (χ4n) is 4.66. The standard InChI is InChI=1S/C32H37N3O7S/c1-21(37)33-16-4-2-3-7-29(38)35-25-14-12-24(13-15-25)32-41-26(20-43-30-27(31(39)40)6-5-17-34-30)18-28(42-32)23-10-8-22(19-36)9-11-23/h5-6,8-15,17,26,28,32,36H,2-4,7,16,18-20H2,1H3,(H,33,37)(H,35,38)(H,39,40)/t26-,28+,32+/m1/s1. The van der Waals surface area contributed by atoms with E-state index in [9.17, 15) is 24.6 Å². The number of carbonyl (C=O) groups excluding carboxylic acids is 2. The van der Waals surface area contributed by atoms with Crippen molar-refractivity contribution in [1.29, 1.82) is 0 Å². The van der Waals surface area contributed by atoms with Crippen molar-refractivity contribution in [2.24, 2.45) is 0 Å². The highest BCUT2D eigenvalue weighted by Crippen LogP contribution is 2.39. The molecular formula is C32H37N3O7S. The lowest BCUT2D eigenvalue weighted by molar-refractivity contribution is -0.245. The fourth-order valence-corrected chi connectivity index (χ4v) is 5.67. The Bertz CT molecular complexity index is 1370. The van der Waals surface area contributed by atoms with E-state index in [1.165, 1.54) is 24.8 Å². The number of anilines is 1. The minimum absolute atomic E-state index is 0.0473. The van der Waals surface area contributed by atoms with Gasteiger partial charge in [0.15, 0.2) is 6.29 Å². The van der Waals surface area contributed by atoms with Gasteiger partial charge in [0.05, 0.1) is 24.4 Å². The van der Waals surface area contributed by atoms with Gasteiger partial charge in [0.25, 0.3) is 0 Å². The number of amides is 2. The summed E-state index contributed by atoms with van der Waals surface area (Å²) >= 11 is 1.33. The number of carbonyl (C=O) groups is 3. The van der Waals surface area contributed by atoms with Gasteiger partial charge in [-0.05, 0) is 48.2 Å². The number of carboxylic acid groups (broad SMARTS) is 1. The van der Waals surface area contributed by atoms with Gasteiger partial charge < -0.3 is 30.3 Å². The molecule has 3 atom stereocenters. The number of aliphatic hydroxyl groups is 1. The highest BCUT2D eigenvalue weighted by Gasteiger charge is 2.32. The van der Waals surface area contributed by atoms with Gasteiger partial charge in [-0.1, -0.05) is 42.8 Å². The summed E-state index contributed by atoms with van der Waals surface area (Å²) in [6, 6.07) is 18.1. The predicted molar refractivity (Wildman–Crippen MR) is 163 cm³/mol. The van der Waals surface area contributed by atoms with E-state index >= 15 is 0 Å². The molecule has 43 heavy (non-hydrogen) atoms. The van der Waals surface area contributed by atoms with E-state index in [4.69, 9.17) is 9.47 Å². The van der Waals surface area contributed by atoms with Crippen molar-refractivity contribution in [1.82, 2.24) is 10.3 Å². The summed E-state index contributed by atoms with van der Waals surface area (Å²) in [7, 11) is 0. The molecular weight excluding hydrogens is 570 g/mol. The van der Waals surface area contributed by atoms with Crippen molar-refractivity contribution < 1.29 is 34.1 Å². The van der Waals surface area contributed by atoms with Crippen LogP contribution in [0.15, 0.2) is 71.9 Å². The third-order valence-corrected chi connectivity index (χ3v) is 8.08. The van der Waals surface area contributed by atoms with Crippen LogP contribution in [0.4, 0.5) is 5.69 Å². The van der Waals surface area contributed by atoms with Crippen molar-refractivity contribution >= 4 is 35.2 Å². The Morgan fingerprint density at radius 2 is 1.72 bits per heavy atom. The van der Waals surface area contributed by atoms with Gasteiger partial charge in [-0.2, -0.15) is 0 Å². The number of nitrogens with zero attached hydrogens (tertiary/aromatic N) is 1. The Balaban J connectivity index is 1.39. The number of hydrogen-bond donors (Lipinski definition) is 4. The minimum atomic E-state index is -1.03. The number of aromatic nitrogens is 1. The van der Waals surface area contributed by atoms with Crippen LogP contribution in [0.5, 0.6) is 0 Å². The number of benzene rings is 2. The Hall–Kier alpha value is -3.77. The molecule has 10 nitrogen and oxygen atoms in total. The first-order valence-corrected chi connectivity index (χ1v) is 15.3. The van der Waals surface area contributed by atoms with Gasteiger partial charge in [0, 0.05) is 49.5 Å². The Morgan fingerprint density at radius 1 is 0.977 bits per heavy atom. The normalized spacial score (nSPS) is 18.1. The number of thioether (sulfide) groups is 1. The second-order valence-corrected chi connectivity index (χ2v) is 11.3. The van der Waals surface area contributed by atoms with E-state index in [0.717, 1.165) is 36.0 Å². The summed E-state index contributed by atoms with van der Waals surface area (Å²) in [5.74, 6) is -0.680. The third-order valence-electron chi connectivity index (χ3n) is 6.94. The minimum Gasteiger partial charge on any atom is -0.478 e. The summed E-state index contributed by atoms with van der Waals surface area (Å²) in [6.45, 7) is 2.05. The van der Waals surface area contributed by atoms with Crippen molar-refractivity contribution in [2.45, 2.75) is 69.2 Å². The van der Waals surface area contributed by atoms with E-state index in [2.05, 4.69) is 15.6 Å².